The maximum atomic E-state index is 5.28. The molecule has 0 spiro atoms. The van der Waals surface area contributed by atoms with Gasteiger partial charge in [0.05, 0.1) is 12.3 Å². The molecule has 0 unspecified atom stereocenters. The van der Waals surface area contributed by atoms with E-state index in [4.69, 9.17) is 4.52 Å². The number of rotatable bonds is 6. The van der Waals surface area contributed by atoms with Gasteiger partial charge < -0.3 is 4.52 Å². The van der Waals surface area contributed by atoms with Crippen LogP contribution in [-0.4, -0.2) is 30.3 Å². The van der Waals surface area contributed by atoms with E-state index in [-0.39, 0.29) is 0 Å². The summed E-state index contributed by atoms with van der Waals surface area (Å²) >= 11 is 4.76. The molecule has 0 atom stereocenters. The van der Waals surface area contributed by atoms with Gasteiger partial charge in [-0.2, -0.15) is 16.3 Å². The van der Waals surface area contributed by atoms with Crippen LogP contribution in [0.2, 0.25) is 0 Å². The van der Waals surface area contributed by atoms with Crippen LogP contribution in [0, 0.1) is 0 Å². The Labute approximate surface area is 143 Å². The lowest BCUT2D eigenvalue weighted by molar-refractivity contribution is 0.391. The first-order valence-electron chi connectivity index (χ1n) is 6.65. The fraction of sp³-hybridized carbons (Fsp3) is 0.154. The zero-order chi connectivity index (χ0) is 15.5. The fourth-order valence-electron chi connectivity index (χ4n) is 1.90. The van der Waals surface area contributed by atoms with Crippen LogP contribution in [0.1, 0.15) is 10.8 Å². The number of hydrogen-bond donors (Lipinski definition) is 0. The SMILES string of the molecule is c1csc(Cn2nnnc2SCc2nc(-c3ccsc3)no2)c1. The molecule has 4 aromatic heterocycles. The molecule has 7 nitrogen and oxygen atoms in total. The van der Waals surface area contributed by atoms with Gasteiger partial charge in [0.15, 0.2) is 0 Å². The van der Waals surface area contributed by atoms with E-state index in [0.29, 0.717) is 24.0 Å². The molecule has 0 aliphatic rings. The quantitative estimate of drug-likeness (QED) is 0.487. The van der Waals surface area contributed by atoms with Crippen LogP contribution in [-0.2, 0) is 12.3 Å². The molecule has 0 aromatic carbocycles. The van der Waals surface area contributed by atoms with Gasteiger partial charge in [-0.05, 0) is 33.3 Å². The summed E-state index contributed by atoms with van der Waals surface area (Å²) < 4.78 is 7.05. The summed E-state index contributed by atoms with van der Waals surface area (Å²) in [5, 5.41) is 22.6. The smallest absolute Gasteiger partial charge is 0.237 e. The predicted molar refractivity (Wildman–Crippen MR) is 88.4 cm³/mol. The van der Waals surface area contributed by atoms with Gasteiger partial charge in [0, 0.05) is 15.8 Å². The highest BCUT2D eigenvalue weighted by Gasteiger charge is 2.13. The summed E-state index contributed by atoms with van der Waals surface area (Å²) in [4.78, 5) is 5.60. The molecule has 4 rings (SSSR count). The number of aromatic nitrogens is 6. The Kier molecular flexibility index (Phi) is 4.18. The lowest BCUT2D eigenvalue weighted by Gasteiger charge is -2.00. The Bertz CT molecular complexity index is 867. The minimum absolute atomic E-state index is 0.530. The average Bonchev–Trinajstić information content (AvgIpc) is 3.34. The van der Waals surface area contributed by atoms with Crippen molar-refractivity contribution in [1.29, 1.82) is 0 Å². The number of tetrazole rings is 1. The molecule has 0 saturated carbocycles. The van der Waals surface area contributed by atoms with E-state index in [9.17, 15) is 0 Å². The Morgan fingerprint density at radius 3 is 3.09 bits per heavy atom. The lowest BCUT2D eigenvalue weighted by Crippen LogP contribution is -2.02. The predicted octanol–water partition coefficient (Wildman–Crippen LogP) is 3.19. The minimum Gasteiger partial charge on any atom is -0.338 e. The molecule has 0 fully saturated rings. The normalized spacial score (nSPS) is 11.1. The van der Waals surface area contributed by atoms with E-state index in [2.05, 4.69) is 31.7 Å². The Morgan fingerprint density at radius 1 is 1.26 bits per heavy atom. The average molecular weight is 362 g/mol. The van der Waals surface area contributed by atoms with Crippen molar-refractivity contribution >= 4 is 34.4 Å². The van der Waals surface area contributed by atoms with E-state index in [1.165, 1.54) is 16.6 Å². The van der Waals surface area contributed by atoms with E-state index >= 15 is 0 Å². The Morgan fingerprint density at radius 2 is 2.26 bits per heavy atom. The molecule has 0 N–H and O–H groups in total. The molecular weight excluding hydrogens is 352 g/mol. The van der Waals surface area contributed by atoms with Crippen molar-refractivity contribution < 1.29 is 4.52 Å². The fourth-order valence-corrected chi connectivity index (χ4v) is 3.93. The molecule has 0 radical (unpaired) electrons. The summed E-state index contributed by atoms with van der Waals surface area (Å²) in [5.74, 6) is 1.70. The van der Waals surface area contributed by atoms with Gasteiger partial charge in [0.1, 0.15) is 0 Å². The molecule has 0 saturated heterocycles. The maximum Gasteiger partial charge on any atom is 0.237 e. The topological polar surface area (TPSA) is 82.5 Å². The van der Waals surface area contributed by atoms with Crippen LogP contribution in [0.5, 0.6) is 0 Å². The number of thiophene rings is 2. The first-order valence-corrected chi connectivity index (χ1v) is 9.46. The summed E-state index contributed by atoms with van der Waals surface area (Å²) in [6.07, 6.45) is 0. The van der Waals surface area contributed by atoms with E-state index < -0.39 is 0 Å². The zero-order valence-corrected chi connectivity index (χ0v) is 14.1. The van der Waals surface area contributed by atoms with Gasteiger partial charge in [-0.1, -0.05) is 23.0 Å². The van der Waals surface area contributed by atoms with Gasteiger partial charge in [-0.3, -0.25) is 0 Å². The molecule has 0 bridgehead atoms. The third-order valence-corrected chi connectivity index (χ3v) is 5.44. The van der Waals surface area contributed by atoms with Gasteiger partial charge in [-0.15, -0.1) is 16.4 Å². The third-order valence-electron chi connectivity index (χ3n) is 2.96. The molecule has 0 aliphatic carbocycles. The molecule has 4 aromatic rings. The van der Waals surface area contributed by atoms with E-state index in [1.807, 2.05) is 28.3 Å². The van der Waals surface area contributed by atoms with Crippen molar-refractivity contribution in [3.8, 4) is 11.4 Å². The van der Waals surface area contributed by atoms with Crippen molar-refractivity contribution in [2.45, 2.75) is 17.5 Å². The van der Waals surface area contributed by atoms with Crippen LogP contribution in [0.25, 0.3) is 11.4 Å². The van der Waals surface area contributed by atoms with Crippen molar-refractivity contribution in [3.63, 3.8) is 0 Å². The first kappa shape index (κ1) is 14.5. The molecule has 4 heterocycles. The van der Waals surface area contributed by atoms with Crippen LogP contribution < -0.4 is 0 Å². The minimum atomic E-state index is 0.530. The van der Waals surface area contributed by atoms with Crippen molar-refractivity contribution in [2.75, 3.05) is 0 Å². The summed E-state index contributed by atoms with van der Waals surface area (Å²) in [5.41, 5.74) is 0.970. The first-order chi connectivity index (χ1) is 11.4. The van der Waals surface area contributed by atoms with Crippen LogP contribution in [0.4, 0.5) is 0 Å². The van der Waals surface area contributed by atoms with E-state index in [0.717, 1.165) is 10.7 Å². The standard InChI is InChI=1S/C13H10N6OS3/c1-2-10(22-4-1)6-19-13(15-17-18-19)23-8-11-14-12(16-20-11)9-3-5-21-7-9/h1-5,7H,6,8H2. The third kappa shape index (κ3) is 3.33. The van der Waals surface area contributed by atoms with Gasteiger partial charge >= 0.3 is 0 Å². The number of thioether (sulfide) groups is 1. The lowest BCUT2D eigenvalue weighted by atomic mass is 10.3. The number of nitrogens with zero attached hydrogens (tertiary/aromatic N) is 6. The zero-order valence-electron chi connectivity index (χ0n) is 11.7. The second-order valence-electron chi connectivity index (χ2n) is 4.51. The van der Waals surface area contributed by atoms with Crippen molar-refractivity contribution in [3.05, 3.63) is 45.1 Å². The second kappa shape index (κ2) is 6.60. The van der Waals surface area contributed by atoms with Crippen molar-refractivity contribution in [1.82, 2.24) is 30.3 Å². The van der Waals surface area contributed by atoms with Crippen LogP contribution in [0.3, 0.4) is 0 Å². The van der Waals surface area contributed by atoms with Crippen molar-refractivity contribution in [2.24, 2.45) is 0 Å². The Balaban J connectivity index is 1.43. The highest BCUT2D eigenvalue weighted by molar-refractivity contribution is 7.98. The summed E-state index contributed by atoms with van der Waals surface area (Å²) in [7, 11) is 0. The van der Waals surface area contributed by atoms with Gasteiger partial charge in [0.25, 0.3) is 0 Å². The maximum absolute atomic E-state index is 5.28. The molecule has 0 amide bonds. The highest BCUT2D eigenvalue weighted by Crippen LogP contribution is 2.23. The molecular formula is C13H10N6OS3. The molecule has 23 heavy (non-hydrogen) atoms. The monoisotopic (exact) mass is 362 g/mol. The summed E-state index contributed by atoms with van der Waals surface area (Å²) in [6.45, 7) is 0.664. The van der Waals surface area contributed by atoms with E-state index in [1.54, 1.807) is 27.4 Å². The highest BCUT2D eigenvalue weighted by atomic mass is 32.2. The number of hydrogen-bond acceptors (Lipinski definition) is 9. The molecule has 0 aliphatic heterocycles. The van der Waals surface area contributed by atoms with Gasteiger partial charge in [0.2, 0.25) is 16.9 Å². The van der Waals surface area contributed by atoms with Crippen LogP contribution in [0.15, 0.2) is 44.0 Å². The van der Waals surface area contributed by atoms with Crippen LogP contribution >= 0.6 is 34.4 Å². The van der Waals surface area contributed by atoms with Gasteiger partial charge in [-0.25, -0.2) is 4.68 Å². The largest absolute Gasteiger partial charge is 0.338 e. The Hall–Kier alpha value is -2.04. The second-order valence-corrected chi connectivity index (χ2v) is 7.27. The molecule has 10 heteroatoms. The summed E-state index contributed by atoms with van der Waals surface area (Å²) in [6, 6.07) is 6.04. The molecule has 116 valence electrons.